The van der Waals surface area contributed by atoms with Gasteiger partial charge >= 0.3 is 0 Å². The lowest BCUT2D eigenvalue weighted by Crippen LogP contribution is -2.32. The van der Waals surface area contributed by atoms with Gasteiger partial charge in [0.1, 0.15) is 11.6 Å². The third-order valence-corrected chi connectivity index (χ3v) is 5.95. The van der Waals surface area contributed by atoms with Gasteiger partial charge in [0.25, 0.3) is 5.91 Å². The number of nitrogens with zero attached hydrogens (tertiary/aromatic N) is 2. The molecule has 1 heterocycles. The van der Waals surface area contributed by atoms with E-state index in [1.807, 2.05) is 85.8 Å². The minimum Gasteiger partial charge on any atom is -0.493 e. The molecule has 4 aromatic rings. The van der Waals surface area contributed by atoms with Gasteiger partial charge in [-0.2, -0.15) is 0 Å². The second-order valence-corrected chi connectivity index (χ2v) is 8.68. The number of para-hydroxylation sites is 3. The molecule has 4 rings (SSSR count). The maximum absolute atomic E-state index is 12.6. The number of allylic oxidation sites excluding steroid dienone is 1. The minimum atomic E-state index is -0.294. The van der Waals surface area contributed by atoms with Gasteiger partial charge in [-0.3, -0.25) is 4.79 Å². The van der Waals surface area contributed by atoms with E-state index in [1.54, 1.807) is 7.11 Å². The SMILES string of the molecule is C=CCc1ccc(OCCCn2c(C(C)NC(=O)COc3ccccc3)nc3ccccc32)c(OC)c1. The molecule has 1 N–H and O–H groups in total. The Hall–Kier alpha value is -4.26. The van der Waals surface area contributed by atoms with Crippen molar-refractivity contribution in [3.8, 4) is 17.2 Å². The van der Waals surface area contributed by atoms with Crippen molar-refractivity contribution >= 4 is 16.9 Å². The van der Waals surface area contributed by atoms with Gasteiger partial charge in [-0.1, -0.05) is 42.5 Å². The molecule has 0 saturated heterocycles. The van der Waals surface area contributed by atoms with E-state index < -0.39 is 0 Å². The summed E-state index contributed by atoms with van der Waals surface area (Å²) in [4.78, 5) is 17.4. The lowest BCUT2D eigenvalue weighted by atomic mass is 10.1. The molecule has 0 aliphatic rings. The standard InChI is InChI=1S/C30H33N3O4/c1-4-11-23-16-17-27(28(20-23)35-3)36-19-10-18-33-26-15-9-8-14-25(26)32-30(33)22(2)31-29(34)21-37-24-12-6-5-7-13-24/h4-9,12-17,20,22H,1,10-11,18-19,21H2,2-3H3,(H,31,34). The van der Waals surface area contributed by atoms with Gasteiger partial charge in [0, 0.05) is 6.54 Å². The number of methoxy groups -OCH3 is 1. The number of carbonyl (C=O) groups is 1. The van der Waals surface area contributed by atoms with E-state index in [2.05, 4.69) is 16.5 Å². The Morgan fingerprint density at radius 3 is 2.62 bits per heavy atom. The van der Waals surface area contributed by atoms with Crippen LogP contribution in [-0.2, 0) is 17.8 Å². The van der Waals surface area contributed by atoms with Crippen molar-refractivity contribution in [1.82, 2.24) is 14.9 Å². The normalized spacial score (nSPS) is 11.6. The molecule has 7 heteroatoms. The fourth-order valence-electron chi connectivity index (χ4n) is 4.20. The van der Waals surface area contributed by atoms with Crippen LogP contribution in [0.5, 0.6) is 17.2 Å². The highest BCUT2D eigenvalue weighted by Gasteiger charge is 2.18. The van der Waals surface area contributed by atoms with Crippen LogP contribution in [0.25, 0.3) is 11.0 Å². The number of aromatic nitrogens is 2. The number of carbonyl (C=O) groups excluding carboxylic acids is 1. The van der Waals surface area contributed by atoms with E-state index in [0.29, 0.717) is 30.4 Å². The van der Waals surface area contributed by atoms with Crippen molar-refractivity contribution in [1.29, 1.82) is 0 Å². The van der Waals surface area contributed by atoms with E-state index in [4.69, 9.17) is 19.2 Å². The molecule has 0 fully saturated rings. The van der Waals surface area contributed by atoms with Crippen LogP contribution in [0.15, 0.2) is 85.5 Å². The van der Waals surface area contributed by atoms with Crippen LogP contribution in [0.1, 0.15) is 30.8 Å². The fraction of sp³-hybridized carbons (Fsp3) is 0.267. The summed E-state index contributed by atoms with van der Waals surface area (Å²) in [5, 5.41) is 3.01. The topological polar surface area (TPSA) is 74.6 Å². The Labute approximate surface area is 217 Å². The Morgan fingerprint density at radius 2 is 1.84 bits per heavy atom. The minimum absolute atomic E-state index is 0.0597. The number of hydrogen-bond donors (Lipinski definition) is 1. The molecule has 3 aromatic carbocycles. The molecule has 0 spiro atoms. The maximum Gasteiger partial charge on any atom is 0.258 e. The molecular formula is C30H33N3O4. The molecule has 1 aromatic heterocycles. The van der Waals surface area contributed by atoms with Crippen molar-refractivity contribution in [3.05, 3.63) is 96.8 Å². The van der Waals surface area contributed by atoms with Crippen molar-refractivity contribution < 1.29 is 19.0 Å². The summed E-state index contributed by atoms with van der Waals surface area (Å²) in [6.07, 6.45) is 3.39. The average molecular weight is 500 g/mol. The molecule has 0 radical (unpaired) electrons. The summed E-state index contributed by atoms with van der Waals surface area (Å²) >= 11 is 0. The quantitative estimate of drug-likeness (QED) is 0.194. The zero-order chi connectivity index (χ0) is 26.0. The highest BCUT2D eigenvalue weighted by atomic mass is 16.5. The van der Waals surface area contributed by atoms with Crippen LogP contribution in [0.4, 0.5) is 0 Å². The summed E-state index contributed by atoms with van der Waals surface area (Å²) in [5.41, 5.74) is 3.03. The van der Waals surface area contributed by atoms with Crippen LogP contribution < -0.4 is 19.5 Å². The lowest BCUT2D eigenvalue weighted by molar-refractivity contribution is -0.123. The first-order chi connectivity index (χ1) is 18.1. The summed E-state index contributed by atoms with van der Waals surface area (Å²) in [6, 6.07) is 22.9. The van der Waals surface area contributed by atoms with E-state index >= 15 is 0 Å². The van der Waals surface area contributed by atoms with Crippen molar-refractivity contribution in [2.24, 2.45) is 0 Å². The number of hydrogen-bond acceptors (Lipinski definition) is 5. The molecule has 1 atom stereocenters. The summed E-state index contributed by atoms with van der Waals surface area (Å²) in [6.45, 7) is 6.86. The molecule has 1 amide bonds. The first kappa shape index (κ1) is 25.8. The maximum atomic E-state index is 12.6. The number of fused-ring (bicyclic) bond motifs is 1. The lowest BCUT2D eigenvalue weighted by Gasteiger charge is -2.17. The number of ether oxygens (including phenoxy) is 3. The number of amides is 1. The Balaban J connectivity index is 1.39. The van der Waals surface area contributed by atoms with Gasteiger partial charge in [0.15, 0.2) is 18.1 Å². The second kappa shape index (κ2) is 12.6. The van der Waals surface area contributed by atoms with Gasteiger partial charge < -0.3 is 24.1 Å². The van der Waals surface area contributed by atoms with E-state index in [9.17, 15) is 4.79 Å². The first-order valence-corrected chi connectivity index (χ1v) is 12.4. The van der Waals surface area contributed by atoms with Crippen LogP contribution in [0.3, 0.4) is 0 Å². The molecule has 192 valence electrons. The molecule has 7 nitrogen and oxygen atoms in total. The largest absolute Gasteiger partial charge is 0.493 e. The molecule has 37 heavy (non-hydrogen) atoms. The van der Waals surface area contributed by atoms with Crippen LogP contribution in [-0.4, -0.2) is 35.8 Å². The van der Waals surface area contributed by atoms with Crippen molar-refractivity contribution in [3.63, 3.8) is 0 Å². The summed E-state index contributed by atoms with van der Waals surface area (Å²) < 4.78 is 19.3. The van der Waals surface area contributed by atoms with Gasteiger partial charge in [0.2, 0.25) is 0 Å². The monoisotopic (exact) mass is 499 g/mol. The van der Waals surface area contributed by atoms with Gasteiger partial charge in [-0.05, 0) is 61.7 Å². The fourth-order valence-corrected chi connectivity index (χ4v) is 4.20. The summed E-state index contributed by atoms with van der Waals surface area (Å²) in [7, 11) is 1.64. The Morgan fingerprint density at radius 1 is 1.05 bits per heavy atom. The zero-order valence-corrected chi connectivity index (χ0v) is 21.4. The van der Waals surface area contributed by atoms with Gasteiger partial charge in [0.05, 0.1) is 30.8 Å². The van der Waals surface area contributed by atoms with Crippen molar-refractivity contribution in [2.75, 3.05) is 20.3 Å². The predicted octanol–water partition coefficient (Wildman–Crippen LogP) is 5.50. The van der Waals surface area contributed by atoms with Gasteiger partial charge in [-0.25, -0.2) is 4.98 Å². The number of nitrogens with one attached hydrogen (secondary N) is 1. The number of benzene rings is 3. The molecule has 0 aliphatic carbocycles. The average Bonchev–Trinajstić information content (AvgIpc) is 3.30. The number of imidazole rings is 1. The Kier molecular flexibility index (Phi) is 8.81. The van der Waals surface area contributed by atoms with Gasteiger partial charge in [-0.15, -0.1) is 6.58 Å². The molecule has 0 saturated carbocycles. The highest BCUT2D eigenvalue weighted by Crippen LogP contribution is 2.29. The molecular weight excluding hydrogens is 466 g/mol. The van der Waals surface area contributed by atoms with E-state index in [1.165, 1.54) is 0 Å². The summed E-state index contributed by atoms with van der Waals surface area (Å²) in [5.74, 6) is 2.67. The molecule has 1 unspecified atom stereocenters. The number of aryl methyl sites for hydroxylation is 1. The second-order valence-electron chi connectivity index (χ2n) is 8.68. The first-order valence-electron chi connectivity index (χ1n) is 12.4. The molecule has 0 bridgehead atoms. The van der Waals surface area contributed by atoms with E-state index in [0.717, 1.165) is 35.3 Å². The zero-order valence-electron chi connectivity index (χ0n) is 21.4. The Bertz CT molecular complexity index is 1330. The predicted molar refractivity (Wildman–Crippen MR) is 145 cm³/mol. The number of rotatable bonds is 13. The third kappa shape index (κ3) is 6.70. The van der Waals surface area contributed by atoms with Crippen LogP contribution >= 0.6 is 0 Å². The molecule has 0 aliphatic heterocycles. The highest BCUT2D eigenvalue weighted by molar-refractivity contribution is 5.79. The van der Waals surface area contributed by atoms with Crippen LogP contribution in [0.2, 0.25) is 0 Å². The van der Waals surface area contributed by atoms with Crippen LogP contribution in [0, 0.1) is 0 Å². The van der Waals surface area contributed by atoms with E-state index in [-0.39, 0.29) is 18.6 Å². The van der Waals surface area contributed by atoms with Crippen molar-refractivity contribution in [2.45, 2.75) is 32.4 Å². The smallest absolute Gasteiger partial charge is 0.258 e. The third-order valence-electron chi connectivity index (χ3n) is 5.95.